The summed E-state index contributed by atoms with van der Waals surface area (Å²) in [7, 11) is 0. The molecule has 0 heterocycles. The number of carbonyl (C=O) groups excluding carboxylic acids is 1. The number of allylic oxidation sites excluding steroid dienone is 1. The topological polar surface area (TPSA) is 65.8 Å². The molecule has 0 aromatic heterocycles. The van der Waals surface area contributed by atoms with E-state index in [1.807, 2.05) is 0 Å². The molecule has 1 rings (SSSR count). The lowest BCUT2D eigenvalue weighted by Gasteiger charge is -2.22. The molecule has 0 bridgehead atoms. The van der Waals surface area contributed by atoms with Gasteiger partial charge in [0, 0.05) is 23.8 Å². The molecule has 64 valence electrons. The predicted octanol–water partition coefficient (Wildman–Crippen LogP) is 2.22. The fourth-order valence-corrected chi connectivity index (χ4v) is 1.50. The molecule has 0 N–H and O–H groups in total. The normalized spacial score (nSPS) is 29.2. The minimum atomic E-state index is -0.153. The lowest BCUT2D eigenvalue weighted by molar-refractivity contribution is -0.121. The summed E-state index contributed by atoms with van der Waals surface area (Å²) in [6.45, 7) is 3.63. The van der Waals surface area contributed by atoms with Crippen molar-refractivity contribution in [1.82, 2.24) is 0 Å². The minimum absolute atomic E-state index is 0.153. The third kappa shape index (κ3) is 2.10. The Labute approximate surface area is 70.9 Å². The quantitative estimate of drug-likeness (QED) is 0.268. The van der Waals surface area contributed by atoms with E-state index in [4.69, 9.17) is 5.53 Å². The minimum Gasteiger partial charge on any atom is -0.300 e. The fraction of sp³-hybridized carbons (Fsp3) is 0.625. The van der Waals surface area contributed by atoms with E-state index < -0.39 is 0 Å². The molecule has 1 aliphatic rings. The predicted molar refractivity (Wildman–Crippen MR) is 45.5 cm³/mol. The molecule has 0 aliphatic heterocycles. The van der Waals surface area contributed by atoms with E-state index in [0.717, 1.165) is 6.42 Å². The van der Waals surface area contributed by atoms with Crippen LogP contribution in [0.5, 0.6) is 0 Å². The van der Waals surface area contributed by atoms with E-state index in [2.05, 4.69) is 16.6 Å². The van der Waals surface area contributed by atoms with Crippen LogP contribution in [0.2, 0.25) is 0 Å². The van der Waals surface area contributed by atoms with Crippen molar-refractivity contribution in [3.8, 4) is 0 Å². The zero-order chi connectivity index (χ0) is 8.97. The van der Waals surface area contributed by atoms with Gasteiger partial charge in [0.15, 0.2) is 0 Å². The maximum atomic E-state index is 11.1. The number of hydrogen-bond acceptors (Lipinski definition) is 2. The van der Waals surface area contributed by atoms with Crippen LogP contribution in [-0.4, -0.2) is 11.8 Å². The summed E-state index contributed by atoms with van der Waals surface area (Å²) in [6.07, 6.45) is 3.48. The number of azide groups is 1. The number of ketones is 1. The molecule has 4 heteroatoms. The molecule has 0 saturated heterocycles. The van der Waals surface area contributed by atoms with Crippen LogP contribution in [0.3, 0.4) is 0 Å². The second-order valence-electron chi connectivity index (χ2n) is 3.04. The summed E-state index contributed by atoms with van der Waals surface area (Å²) in [4.78, 5) is 13.8. The first kappa shape index (κ1) is 8.81. The summed E-state index contributed by atoms with van der Waals surface area (Å²) in [5, 5.41) is 3.54. The summed E-state index contributed by atoms with van der Waals surface area (Å²) in [5.74, 6) is 0.366. The van der Waals surface area contributed by atoms with Gasteiger partial charge in [-0.1, -0.05) is 11.2 Å². The Bertz CT molecular complexity index is 243. The summed E-state index contributed by atoms with van der Waals surface area (Å²) >= 11 is 0. The highest BCUT2D eigenvalue weighted by Crippen LogP contribution is 2.24. The van der Waals surface area contributed by atoms with Crippen LogP contribution in [0, 0.1) is 5.92 Å². The molecule has 0 spiro atoms. The van der Waals surface area contributed by atoms with Gasteiger partial charge in [-0.25, -0.2) is 0 Å². The van der Waals surface area contributed by atoms with E-state index in [-0.39, 0.29) is 17.7 Å². The van der Waals surface area contributed by atoms with Gasteiger partial charge < -0.3 is 0 Å². The molecule has 1 aliphatic carbocycles. The van der Waals surface area contributed by atoms with E-state index in [1.54, 1.807) is 6.08 Å². The lowest BCUT2D eigenvalue weighted by atomic mass is 9.85. The van der Waals surface area contributed by atoms with Crippen molar-refractivity contribution in [2.75, 3.05) is 0 Å². The molecule has 0 aromatic rings. The average Bonchev–Trinajstić information content (AvgIpc) is 2.04. The van der Waals surface area contributed by atoms with Crippen molar-refractivity contribution in [3.05, 3.63) is 23.1 Å². The average molecular weight is 165 g/mol. The SMILES string of the molecule is C=CC1CC(=O)CC(N=[N+]=[N-])C1. The molecule has 0 radical (unpaired) electrons. The Hall–Kier alpha value is -1.28. The third-order valence-corrected chi connectivity index (χ3v) is 2.08. The van der Waals surface area contributed by atoms with Gasteiger partial charge in [-0.3, -0.25) is 4.79 Å². The Morgan fingerprint density at radius 2 is 2.42 bits per heavy atom. The summed E-state index contributed by atoms with van der Waals surface area (Å²) in [6, 6.07) is -0.153. The van der Waals surface area contributed by atoms with E-state index in [1.165, 1.54) is 0 Å². The number of nitrogens with zero attached hydrogens (tertiary/aromatic N) is 3. The van der Waals surface area contributed by atoms with Crippen LogP contribution < -0.4 is 0 Å². The number of hydrogen-bond donors (Lipinski definition) is 0. The number of rotatable bonds is 2. The van der Waals surface area contributed by atoms with Gasteiger partial charge in [0.05, 0.1) is 0 Å². The summed E-state index contributed by atoms with van der Waals surface area (Å²) in [5.41, 5.74) is 8.18. The van der Waals surface area contributed by atoms with Crippen LogP contribution >= 0.6 is 0 Å². The van der Waals surface area contributed by atoms with Crippen molar-refractivity contribution in [2.45, 2.75) is 25.3 Å². The van der Waals surface area contributed by atoms with Gasteiger partial charge in [-0.15, -0.1) is 6.58 Å². The second kappa shape index (κ2) is 3.93. The monoisotopic (exact) mass is 165 g/mol. The third-order valence-electron chi connectivity index (χ3n) is 2.08. The largest absolute Gasteiger partial charge is 0.300 e. The van der Waals surface area contributed by atoms with Gasteiger partial charge >= 0.3 is 0 Å². The molecule has 4 nitrogen and oxygen atoms in total. The van der Waals surface area contributed by atoms with Gasteiger partial charge in [0.25, 0.3) is 0 Å². The van der Waals surface area contributed by atoms with Crippen LogP contribution in [0.1, 0.15) is 19.3 Å². The zero-order valence-corrected chi connectivity index (χ0v) is 6.81. The highest BCUT2D eigenvalue weighted by Gasteiger charge is 2.24. The Kier molecular flexibility index (Phi) is 2.88. The number of carbonyl (C=O) groups is 1. The first-order valence-electron chi connectivity index (χ1n) is 3.94. The molecule has 0 amide bonds. The summed E-state index contributed by atoms with van der Waals surface area (Å²) < 4.78 is 0. The fourth-order valence-electron chi connectivity index (χ4n) is 1.50. The second-order valence-corrected chi connectivity index (χ2v) is 3.04. The molecule has 1 saturated carbocycles. The van der Waals surface area contributed by atoms with Crippen molar-refractivity contribution in [3.63, 3.8) is 0 Å². The van der Waals surface area contributed by atoms with Crippen LogP contribution in [0.15, 0.2) is 17.8 Å². The Morgan fingerprint density at radius 3 is 3.00 bits per heavy atom. The van der Waals surface area contributed by atoms with Crippen molar-refractivity contribution >= 4 is 5.78 Å². The lowest BCUT2D eigenvalue weighted by Crippen LogP contribution is -2.23. The Balaban J connectivity index is 2.62. The molecular weight excluding hydrogens is 154 g/mol. The highest BCUT2D eigenvalue weighted by molar-refractivity contribution is 5.80. The first-order valence-corrected chi connectivity index (χ1v) is 3.94. The highest BCUT2D eigenvalue weighted by atomic mass is 16.1. The van der Waals surface area contributed by atoms with E-state index >= 15 is 0 Å². The maximum absolute atomic E-state index is 11.1. The molecule has 1 fully saturated rings. The van der Waals surface area contributed by atoms with Crippen molar-refractivity contribution in [2.24, 2.45) is 11.0 Å². The molecular formula is C8H11N3O. The van der Waals surface area contributed by atoms with Gasteiger partial charge in [0.1, 0.15) is 5.78 Å². The van der Waals surface area contributed by atoms with Gasteiger partial charge in [0.2, 0.25) is 0 Å². The molecule has 2 unspecified atom stereocenters. The van der Waals surface area contributed by atoms with Gasteiger partial charge in [-0.05, 0) is 17.9 Å². The van der Waals surface area contributed by atoms with Gasteiger partial charge in [-0.2, -0.15) is 0 Å². The Morgan fingerprint density at radius 1 is 1.67 bits per heavy atom. The van der Waals surface area contributed by atoms with Crippen molar-refractivity contribution < 1.29 is 4.79 Å². The molecule has 12 heavy (non-hydrogen) atoms. The first-order chi connectivity index (χ1) is 5.76. The maximum Gasteiger partial charge on any atom is 0.133 e. The smallest absolute Gasteiger partial charge is 0.133 e. The van der Waals surface area contributed by atoms with Crippen LogP contribution in [0.25, 0.3) is 10.4 Å². The molecule has 2 atom stereocenters. The van der Waals surface area contributed by atoms with Crippen LogP contribution in [0.4, 0.5) is 0 Å². The number of Topliss-reactive ketones (excluding diaryl/α,β-unsaturated/α-hetero) is 1. The standard InChI is InChI=1S/C8H11N3O/c1-2-6-3-7(10-11-9)5-8(12)4-6/h2,6-7H,1,3-5H2. The zero-order valence-electron chi connectivity index (χ0n) is 6.81. The van der Waals surface area contributed by atoms with Crippen molar-refractivity contribution in [1.29, 1.82) is 0 Å². The van der Waals surface area contributed by atoms with Crippen LogP contribution in [-0.2, 0) is 4.79 Å². The van der Waals surface area contributed by atoms with E-state index in [9.17, 15) is 4.79 Å². The molecule has 0 aromatic carbocycles. The van der Waals surface area contributed by atoms with E-state index in [0.29, 0.717) is 12.8 Å².